The summed E-state index contributed by atoms with van der Waals surface area (Å²) < 4.78 is 5.40. The summed E-state index contributed by atoms with van der Waals surface area (Å²) in [4.78, 5) is 17.5. The summed E-state index contributed by atoms with van der Waals surface area (Å²) in [7, 11) is 0. The molecule has 3 rings (SSSR count). The van der Waals surface area contributed by atoms with Crippen LogP contribution in [0.15, 0.2) is 0 Å². The van der Waals surface area contributed by atoms with Crippen LogP contribution in [0.4, 0.5) is 0 Å². The zero-order valence-electron chi connectivity index (χ0n) is 15.3. The predicted octanol–water partition coefficient (Wildman–Crippen LogP) is 1.71. The molecule has 5 heteroatoms. The Morgan fingerprint density at radius 1 is 1.12 bits per heavy atom. The van der Waals surface area contributed by atoms with Crippen molar-refractivity contribution in [2.75, 3.05) is 45.9 Å². The van der Waals surface area contributed by atoms with Crippen LogP contribution in [-0.2, 0) is 9.53 Å². The number of hydrogen-bond donors (Lipinski definition) is 1. The monoisotopic (exact) mass is 337 g/mol. The summed E-state index contributed by atoms with van der Waals surface area (Å²) in [6.45, 7) is 9.27. The maximum atomic E-state index is 12.8. The summed E-state index contributed by atoms with van der Waals surface area (Å²) in [5, 5.41) is 0. The van der Waals surface area contributed by atoms with Crippen LogP contribution in [0, 0.1) is 17.8 Å². The Morgan fingerprint density at radius 2 is 1.83 bits per heavy atom. The van der Waals surface area contributed by atoms with E-state index in [4.69, 9.17) is 10.5 Å². The number of piperidine rings is 2. The van der Waals surface area contributed by atoms with Gasteiger partial charge in [0.25, 0.3) is 0 Å². The smallest absolute Gasteiger partial charge is 0.239 e. The van der Waals surface area contributed by atoms with Crippen molar-refractivity contribution in [2.45, 2.75) is 51.5 Å². The molecule has 0 radical (unpaired) electrons. The molecule has 3 fully saturated rings. The summed E-state index contributed by atoms with van der Waals surface area (Å²) in [6.07, 6.45) is 6.88. The van der Waals surface area contributed by atoms with Crippen LogP contribution in [0.25, 0.3) is 0 Å². The minimum Gasteiger partial charge on any atom is -0.381 e. The molecular formula is C19H35N3O2. The van der Waals surface area contributed by atoms with E-state index in [-0.39, 0.29) is 11.9 Å². The van der Waals surface area contributed by atoms with Crippen molar-refractivity contribution < 1.29 is 9.53 Å². The fourth-order valence-electron chi connectivity index (χ4n) is 4.51. The van der Waals surface area contributed by atoms with Gasteiger partial charge < -0.3 is 20.3 Å². The highest BCUT2D eigenvalue weighted by molar-refractivity contribution is 5.82. The lowest BCUT2D eigenvalue weighted by Gasteiger charge is -2.39. The SMILES string of the molecule is CC1CCN(CC2CCCN(C(=O)C(N)C3CCOCC3)C2)CC1. The van der Waals surface area contributed by atoms with Crippen molar-refractivity contribution >= 4 is 5.91 Å². The van der Waals surface area contributed by atoms with Gasteiger partial charge in [-0.3, -0.25) is 4.79 Å². The third-order valence-corrected chi connectivity index (χ3v) is 6.28. The molecule has 0 aliphatic carbocycles. The first-order valence-corrected chi connectivity index (χ1v) is 9.98. The van der Waals surface area contributed by atoms with Gasteiger partial charge in [-0.2, -0.15) is 0 Å². The number of amides is 1. The third-order valence-electron chi connectivity index (χ3n) is 6.28. The van der Waals surface area contributed by atoms with Gasteiger partial charge in [0.05, 0.1) is 6.04 Å². The van der Waals surface area contributed by atoms with Gasteiger partial charge in [-0.05, 0) is 69.4 Å². The number of nitrogens with two attached hydrogens (primary N) is 1. The Balaban J connectivity index is 1.48. The lowest BCUT2D eigenvalue weighted by molar-refractivity contribution is -0.136. The Morgan fingerprint density at radius 3 is 2.54 bits per heavy atom. The molecule has 3 aliphatic heterocycles. The molecule has 0 aromatic heterocycles. The standard InChI is InChI=1S/C19H35N3O2/c1-15-4-9-21(10-5-15)13-16-3-2-8-22(14-16)19(23)18(20)17-6-11-24-12-7-17/h15-18H,2-14,20H2,1H3. The highest BCUT2D eigenvalue weighted by Gasteiger charge is 2.33. The van der Waals surface area contributed by atoms with Crippen molar-refractivity contribution in [3.8, 4) is 0 Å². The Labute approximate surface area is 146 Å². The molecule has 1 amide bonds. The molecular weight excluding hydrogens is 302 g/mol. The number of carbonyl (C=O) groups is 1. The molecule has 3 saturated heterocycles. The number of nitrogens with zero attached hydrogens (tertiary/aromatic N) is 2. The van der Waals surface area contributed by atoms with Crippen molar-refractivity contribution in [1.29, 1.82) is 0 Å². The number of carbonyl (C=O) groups excluding carboxylic acids is 1. The molecule has 24 heavy (non-hydrogen) atoms. The maximum Gasteiger partial charge on any atom is 0.239 e. The number of likely N-dealkylation sites (tertiary alicyclic amines) is 2. The van der Waals surface area contributed by atoms with Crippen LogP contribution in [0.2, 0.25) is 0 Å². The second-order valence-electron chi connectivity index (χ2n) is 8.25. The van der Waals surface area contributed by atoms with E-state index in [1.807, 2.05) is 0 Å². The van der Waals surface area contributed by atoms with Crippen molar-refractivity contribution in [3.63, 3.8) is 0 Å². The van der Waals surface area contributed by atoms with Gasteiger partial charge in [-0.25, -0.2) is 0 Å². The van der Waals surface area contributed by atoms with Gasteiger partial charge in [-0.1, -0.05) is 6.92 Å². The van der Waals surface area contributed by atoms with Crippen LogP contribution >= 0.6 is 0 Å². The van der Waals surface area contributed by atoms with Crippen molar-refractivity contribution in [1.82, 2.24) is 9.80 Å². The van der Waals surface area contributed by atoms with Crippen LogP contribution in [0.3, 0.4) is 0 Å². The zero-order chi connectivity index (χ0) is 16.9. The van der Waals surface area contributed by atoms with Crippen LogP contribution in [0.1, 0.15) is 45.4 Å². The summed E-state index contributed by atoms with van der Waals surface area (Å²) in [5.41, 5.74) is 6.31. The minimum absolute atomic E-state index is 0.180. The van der Waals surface area contributed by atoms with Gasteiger partial charge in [-0.15, -0.1) is 0 Å². The Hall–Kier alpha value is -0.650. The van der Waals surface area contributed by atoms with E-state index in [0.29, 0.717) is 11.8 Å². The van der Waals surface area contributed by atoms with Crippen molar-refractivity contribution in [3.05, 3.63) is 0 Å². The average Bonchev–Trinajstić information content (AvgIpc) is 2.63. The lowest BCUT2D eigenvalue weighted by Crippen LogP contribution is -2.53. The first-order valence-electron chi connectivity index (χ1n) is 9.98. The molecule has 5 nitrogen and oxygen atoms in total. The fraction of sp³-hybridized carbons (Fsp3) is 0.947. The molecule has 0 bridgehead atoms. The third kappa shape index (κ3) is 4.70. The number of hydrogen-bond acceptors (Lipinski definition) is 4. The molecule has 2 unspecified atom stereocenters. The van der Waals surface area contributed by atoms with E-state index in [9.17, 15) is 4.79 Å². The Bertz CT molecular complexity index is 403. The number of ether oxygens (including phenoxy) is 1. The molecule has 2 N–H and O–H groups in total. The van der Waals surface area contributed by atoms with Crippen LogP contribution < -0.4 is 5.73 Å². The first kappa shape index (κ1) is 18.2. The average molecular weight is 338 g/mol. The van der Waals surface area contributed by atoms with Gasteiger partial charge in [0, 0.05) is 32.8 Å². The first-order chi connectivity index (χ1) is 11.6. The Kier molecular flexibility index (Phi) is 6.53. The largest absolute Gasteiger partial charge is 0.381 e. The fourth-order valence-corrected chi connectivity index (χ4v) is 4.51. The zero-order valence-corrected chi connectivity index (χ0v) is 15.3. The molecule has 0 saturated carbocycles. The van der Waals surface area contributed by atoms with Crippen LogP contribution in [0.5, 0.6) is 0 Å². The van der Waals surface area contributed by atoms with Gasteiger partial charge in [0.1, 0.15) is 0 Å². The molecule has 0 spiro atoms. The topological polar surface area (TPSA) is 58.8 Å². The quantitative estimate of drug-likeness (QED) is 0.848. The van der Waals surface area contributed by atoms with E-state index >= 15 is 0 Å². The normalized spacial score (nSPS) is 29.6. The second kappa shape index (κ2) is 8.63. The van der Waals surface area contributed by atoms with Gasteiger partial charge in [0.15, 0.2) is 0 Å². The summed E-state index contributed by atoms with van der Waals surface area (Å²) in [6, 6.07) is -0.330. The maximum absolute atomic E-state index is 12.8. The molecule has 138 valence electrons. The van der Waals surface area contributed by atoms with E-state index in [1.165, 1.54) is 32.4 Å². The lowest BCUT2D eigenvalue weighted by atomic mass is 9.90. The minimum atomic E-state index is -0.330. The molecule has 0 aromatic carbocycles. The van der Waals surface area contributed by atoms with E-state index < -0.39 is 0 Å². The molecule has 3 heterocycles. The van der Waals surface area contributed by atoms with Gasteiger partial charge in [0.2, 0.25) is 5.91 Å². The van der Waals surface area contributed by atoms with Crippen molar-refractivity contribution in [2.24, 2.45) is 23.5 Å². The van der Waals surface area contributed by atoms with Crippen LogP contribution in [-0.4, -0.2) is 67.7 Å². The predicted molar refractivity (Wildman–Crippen MR) is 95.7 cm³/mol. The van der Waals surface area contributed by atoms with E-state index in [0.717, 1.165) is 58.0 Å². The van der Waals surface area contributed by atoms with E-state index in [2.05, 4.69) is 16.7 Å². The second-order valence-corrected chi connectivity index (χ2v) is 8.25. The highest BCUT2D eigenvalue weighted by Crippen LogP contribution is 2.24. The highest BCUT2D eigenvalue weighted by atomic mass is 16.5. The summed E-state index contributed by atoms with van der Waals surface area (Å²) >= 11 is 0. The molecule has 0 aromatic rings. The van der Waals surface area contributed by atoms with E-state index in [1.54, 1.807) is 0 Å². The number of rotatable bonds is 4. The van der Waals surface area contributed by atoms with Gasteiger partial charge >= 0.3 is 0 Å². The molecule has 3 aliphatic rings. The summed E-state index contributed by atoms with van der Waals surface area (Å²) in [5.74, 6) is 1.98. The molecule has 2 atom stereocenters.